The first-order chi connectivity index (χ1) is 10.9. The van der Waals surface area contributed by atoms with Crippen molar-refractivity contribution in [3.63, 3.8) is 0 Å². The van der Waals surface area contributed by atoms with E-state index in [4.69, 9.17) is 17.3 Å². The minimum absolute atomic E-state index is 0.0227. The molecule has 0 fully saturated rings. The van der Waals surface area contributed by atoms with Gasteiger partial charge < -0.3 is 10.2 Å². The topological polar surface area (TPSA) is 91.9 Å². The number of nitrogens with zero attached hydrogens (tertiary/aromatic N) is 2. The quantitative estimate of drug-likeness (QED) is 0.800. The fraction of sp³-hybridized carbons (Fsp3) is 0.143. The third-order valence-corrected chi connectivity index (χ3v) is 4.78. The van der Waals surface area contributed by atoms with Crippen LogP contribution in [0.2, 0.25) is 0 Å². The molecule has 0 radical (unpaired) electrons. The molecule has 0 atom stereocenters. The highest BCUT2D eigenvalue weighted by Gasteiger charge is 2.26. The summed E-state index contributed by atoms with van der Waals surface area (Å²) < 4.78 is 15.2. The number of carbonyl (C=O) groups is 2. The minimum atomic E-state index is -1.04. The van der Waals surface area contributed by atoms with Gasteiger partial charge in [-0.15, -0.1) is 11.3 Å². The summed E-state index contributed by atoms with van der Waals surface area (Å²) >= 11 is 6.07. The van der Waals surface area contributed by atoms with E-state index in [1.807, 2.05) is 0 Å². The lowest BCUT2D eigenvalue weighted by Gasteiger charge is -2.03. The minimum Gasteiger partial charge on any atom is -0.493 e. The van der Waals surface area contributed by atoms with Gasteiger partial charge in [-0.05, 0) is 18.3 Å². The molecule has 2 N–H and O–H groups in total. The smallest absolute Gasteiger partial charge is 0.305 e. The monoisotopic (exact) mass is 352 g/mol. The number of carbonyl (C=O) groups excluding carboxylic acids is 1. The molecule has 0 spiro atoms. The number of thiazole rings is 1. The molecule has 1 aromatic carbocycles. The average Bonchev–Trinajstić information content (AvgIpc) is 2.95. The number of benzene rings is 1. The van der Waals surface area contributed by atoms with E-state index in [0.717, 1.165) is 11.3 Å². The zero-order chi connectivity index (χ0) is 16.7. The maximum atomic E-state index is 13.7. The van der Waals surface area contributed by atoms with Gasteiger partial charge in [0.2, 0.25) is 5.88 Å². The molecule has 9 heteroatoms. The van der Waals surface area contributed by atoms with Crippen LogP contribution in [0.15, 0.2) is 23.2 Å². The Hall–Kier alpha value is -2.39. The van der Waals surface area contributed by atoms with Gasteiger partial charge in [0.25, 0.3) is 5.91 Å². The summed E-state index contributed by atoms with van der Waals surface area (Å²) in [7, 11) is 0. The normalized spacial score (nSPS) is 13.1. The van der Waals surface area contributed by atoms with Crippen LogP contribution in [0.25, 0.3) is 5.57 Å². The fourth-order valence-electron chi connectivity index (χ4n) is 2.29. The Morgan fingerprint density at radius 3 is 2.87 bits per heavy atom. The van der Waals surface area contributed by atoms with Crippen molar-refractivity contribution in [3.8, 4) is 5.88 Å². The summed E-state index contributed by atoms with van der Waals surface area (Å²) in [6.07, 6.45) is -0.225. The lowest BCUT2D eigenvalue weighted by molar-refractivity contribution is -0.137. The SMILES string of the molecule is O=C(O)CCn1c(O)c(C2=c3cccc(F)c3=NC2=O)sc1=S. The lowest BCUT2D eigenvalue weighted by atomic mass is 10.1. The van der Waals surface area contributed by atoms with Crippen molar-refractivity contribution in [1.82, 2.24) is 4.57 Å². The molecular formula is C14H9FN2O4S2. The predicted molar refractivity (Wildman–Crippen MR) is 81.8 cm³/mol. The van der Waals surface area contributed by atoms with Crippen LogP contribution in [-0.2, 0) is 16.1 Å². The highest BCUT2D eigenvalue weighted by Crippen LogP contribution is 2.32. The molecule has 0 unspecified atom stereocenters. The second kappa shape index (κ2) is 5.67. The summed E-state index contributed by atoms with van der Waals surface area (Å²) in [5.41, 5.74) is 0.0715. The molecule has 118 valence electrons. The first kappa shape index (κ1) is 15.5. The highest BCUT2D eigenvalue weighted by atomic mass is 32.1. The van der Waals surface area contributed by atoms with Crippen LogP contribution in [0.4, 0.5) is 4.39 Å². The fourth-order valence-corrected chi connectivity index (χ4v) is 3.68. The summed E-state index contributed by atoms with van der Waals surface area (Å²) in [6.45, 7) is -0.0227. The number of hydrogen-bond donors (Lipinski definition) is 2. The first-order valence-electron chi connectivity index (χ1n) is 6.47. The predicted octanol–water partition coefficient (Wildman–Crippen LogP) is 0.957. The van der Waals surface area contributed by atoms with Crippen LogP contribution in [-0.4, -0.2) is 26.7 Å². The van der Waals surface area contributed by atoms with E-state index in [-0.39, 0.29) is 43.8 Å². The number of aromatic hydroxyl groups is 1. The standard InChI is InChI=1S/C14H9FN2O4S2/c15-7-3-1-2-6-9(12(20)16-10(6)7)11-13(21)17(14(22)23-11)5-4-8(18)19/h1-3,21H,4-5H2,(H,18,19). The molecular weight excluding hydrogens is 343 g/mol. The van der Waals surface area contributed by atoms with Crippen molar-refractivity contribution >= 4 is 41.0 Å². The van der Waals surface area contributed by atoms with Gasteiger partial charge in [0.15, 0.2) is 3.95 Å². The Labute approximate surface area is 137 Å². The number of amides is 1. The number of carboxylic acids is 1. The maximum Gasteiger partial charge on any atom is 0.305 e. The van der Waals surface area contributed by atoms with Crippen molar-refractivity contribution in [3.05, 3.63) is 43.4 Å². The molecule has 1 aromatic heterocycles. The third-order valence-electron chi connectivity index (χ3n) is 3.33. The van der Waals surface area contributed by atoms with Gasteiger partial charge in [-0.3, -0.25) is 14.2 Å². The number of hydrogen-bond acceptors (Lipinski definition) is 5. The van der Waals surface area contributed by atoms with Crippen LogP contribution in [0, 0.1) is 9.77 Å². The molecule has 0 saturated carbocycles. The molecule has 6 nitrogen and oxygen atoms in total. The molecule has 0 saturated heterocycles. The second-order valence-electron chi connectivity index (χ2n) is 4.74. The number of rotatable bonds is 4. The Kier molecular flexibility index (Phi) is 3.82. The van der Waals surface area contributed by atoms with Crippen molar-refractivity contribution < 1.29 is 24.2 Å². The Balaban J connectivity index is 2.21. The summed E-state index contributed by atoms with van der Waals surface area (Å²) in [5, 5.41) is 19.3. The second-order valence-corrected chi connectivity index (χ2v) is 6.39. The summed E-state index contributed by atoms with van der Waals surface area (Å²) in [6, 6.07) is 4.17. The zero-order valence-electron chi connectivity index (χ0n) is 11.4. The number of fused-ring (bicyclic) bond motifs is 1. The largest absolute Gasteiger partial charge is 0.493 e. The maximum absolute atomic E-state index is 13.7. The van der Waals surface area contributed by atoms with E-state index in [1.165, 1.54) is 22.8 Å². The third kappa shape index (κ3) is 2.57. The summed E-state index contributed by atoms with van der Waals surface area (Å²) in [5.74, 6) is -2.63. The molecule has 1 aliphatic rings. The number of para-hydroxylation sites is 1. The van der Waals surface area contributed by atoms with E-state index in [0.29, 0.717) is 0 Å². The molecule has 2 heterocycles. The van der Waals surface area contributed by atoms with Crippen molar-refractivity contribution in [1.29, 1.82) is 0 Å². The first-order valence-corrected chi connectivity index (χ1v) is 7.69. The van der Waals surface area contributed by atoms with Gasteiger partial charge in [-0.25, -0.2) is 9.38 Å². The van der Waals surface area contributed by atoms with Crippen LogP contribution >= 0.6 is 23.6 Å². The van der Waals surface area contributed by atoms with Crippen LogP contribution in [0.5, 0.6) is 5.88 Å². The van der Waals surface area contributed by atoms with Gasteiger partial charge in [0, 0.05) is 11.8 Å². The lowest BCUT2D eigenvalue weighted by Crippen LogP contribution is -2.26. The highest BCUT2D eigenvalue weighted by molar-refractivity contribution is 7.73. The molecule has 1 amide bonds. The van der Waals surface area contributed by atoms with Crippen LogP contribution in [0.1, 0.15) is 11.3 Å². The number of aliphatic carboxylic acids is 1. The van der Waals surface area contributed by atoms with E-state index in [2.05, 4.69) is 4.99 Å². The van der Waals surface area contributed by atoms with E-state index in [9.17, 15) is 19.1 Å². The van der Waals surface area contributed by atoms with E-state index < -0.39 is 17.7 Å². The Bertz CT molecular complexity index is 1020. The van der Waals surface area contributed by atoms with Crippen molar-refractivity contribution in [2.24, 2.45) is 4.99 Å². The number of carboxylic acid groups (broad SMARTS) is 1. The van der Waals surface area contributed by atoms with Gasteiger partial charge in [-0.2, -0.15) is 0 Å². The number of aromatic nitrogens is 1. The van der Waals surface area contributed by atoms with Gasteiger partial charge >= 0.3 is 5.97 Å². The van der Waals surface area contributed by atoms with Crippen molar-refractivity contribution in [2.45, 2.75) is 13.0 Å². The average molecular weight is 352 g/mol. The molecule has 2 aromatic rings. The van der Waals surface area contributed by atoms with E-state index >= 15 is 0 Å². The Morgan fingerprint density at radius 2 is 2.17 bits per heavy atom. The van der Waals surface area contributed by atoms with Gasteiger partial charge in [0.05, 0.1) is 12.0 Å². The molecule has 0 bridgehead atoms. The molecule has 3 rings (SSSR count). The number of halogens is 1. The molecule has 0 aliphatic carbocycles. The zero-order valence-corrected chi connectivity index (χ0v) is 13.1. The van der Waals surface area contributed by atoms with Gasteiger partial charge in [0.1, 0.15) is 16.1 Å². The van der Waals surface area contributed by atoms with Crippen molar-refractivity contribution in [2.75, 3.05) is 0 Å². The molecule has 1 aliphatic heterocycles. The van der Waals surface area contributed by atoms with Crippen LogP contribution in [0.3, 0.4) is 0 Å². The Morgan fingerprint density at radius 1 is 1.43 bits per heavy atom. The molecule has 23 heavy (non-hydrogen) atoms. The summed E-state index contributed by atoms with van der Waals surface area (Å²) in [4.78, 5) is 26.6. The van der Waals surface area contributed by atoms with Crippen LogP contribution < -0.4 is 10.6 Å². The van der Waals surface area contributed by atoms with E-state index in [1.54, 1.807) is 0 Å². The van der Waals surface area contributed by atoms with Gasteiger partial charge in [-0.1, -0.05) is 12.1 Å².